The molecule has 11 rings (SSSR count). The van der Waals surface area contributed by atoms with Gasteiger partial charge in [-0.3, -0.25) is 0 Å². The monoisotopic (exact) mass is 668 g/mol. The molecule has 232 valence electrons. The topological polar surface area (TPSA) is 0 Å². The Kier molecular flexibility index (Phi) is 6.09. The minimum absolute atomic E-state index is 1.23. The molecule has 0 spiro atoms. The molecule has 0 N–H and O–H groups in total. The first-order valence-corrected chi connectivity index (χ1v) is 18.7. The van der Waals surface area contributed by atoms with Crippen LogP contribution in [0.3, 0.4) is 0 Å². The van der Waals surface area contributed by atoms with Gasteiger partial charge >= 0.3 is 0 Å². The van der Waals surface area contributed by atoms with Crippen LogP contribution in [0, 0.1) is 0 Å². The predicted octanol–water partition coefficient (Wildman–Crippen LogP) is 14.9. The van der Waals surface area contributed by atoms with E-state index in [-0.39, 0.29) is 0 Å². The molecule has 2 heteroatoms. The summed E-state index contributed by atoms with van der Waals surface area (Å²) in [5.41, 5.74) is 7.60. The first kappa shape index (κ1) is 28.1. The summed E-state index contributed by atoms with van der Waals surface area (Å²) in [6, 6.07) is 63.1. The van der Waals surface area contributed by atoms with Crippen LogP contribution in [-0.2, 0) is 0 Å². The van der Waals surface area contributed by atoms with E-state index < -0.39 is 0 Å². The summed E-state index contributed by atoms with van der Waals surface area (Å²) >= 11 is 3.82. The van der Waals surface area contributed by atoms with E-state index in [1.807, 2.05) is 22.7 Å². The van der Waals surface area contributed by atoms with E-state index in [1.165, 1.54) is 106 Å². The lowest BCUT2D eigenvalue weighted by Gasteiger charge is -2.18. The van der Waals surface area contributed by atoms with Gasteiger partial charge in [-0.15, -0.1) is 22.7 Å². The van der Waals surface area contributed by atoms with E-state index in [4.69, 9.17) is 0 Å². The van der Waals surface area contributed by atoms with Crippen molar-refractivity contribution in [3.63, 3.8) is 0 Å². The highest BCUT2D eigenvalue weighted by Gasteiger charge is 2.19. The molecule has 0 saturated heterocycles. The summed E-state index contributed by atoms with van der Waals surface area (Å²) in [6.07, 6.45) is 0. The molecule has 0 unspecified atom stereocenters. The third kappa shape index (κ3) is 4.10. The van der Waals surface area contributed by atoms with Gasteiger partial charge in [-0.2, -0.15) is 0 Å². The number of benzene rings is 9. The van der Waals surface area contributed by atoms with Crippen molar-refractivity contribution < 1.29 is 0 Å². The highest BCUT2D eigenvalue weighted by atomic mass is 32.1. The molecule has 50 heavy (non-hydrogen) atoms. The quantitative estimate of drug-likeness (QED) is 0.164. The Balaban J connectivity index is 1.17. The van der Waals surface area contributed by atoms with Crippen molar-refractivity contribution in [1.29, 1.82) is 0 Å². The molecule has 0 amide bonds. The van der Waals surface area contributed by atoms with Crippen LogP contribution in [0.5, 0.6) is 0 Å². The molecule has 0 fully saturated rings. The van der Waals surface area contributed by atoms with Crippen LogP contribution in [0.25, 0.3) is 106 Å². The zero-order chi connectivity index (χ0) is 32.8. The van der Waals surface area contributed by atoms with Crippen LogP contribution >= 0.6 is 22.7 Å². The zero-order valence-electron chi connectivity index (χ0n) is 27.0. The van der Waals surface area contributed by atoms with Gasteiger partial charge in [0.25, 0.3) is 0 Å². The molecule has 11 aromatic rings. The molecule has 0 aliphatic heterocycles. The van der Waals surface area contributed by atoms with Gasteiger partial charge in [-0.1, -0.05) is 140 Å². The average molecular weight is 669 g/mol. The van der Waals surface area contributed by atoms with E-state index in [2.05, 4.69) is 170 Å². The number of fused-ring (bicyclic) bond motifs is 10. The van der Waals surface area contributed by atoms with Crippen LogP contribution < -0.4 is 0 Å². The van der Waals surface area contributed by atoms with Crippen molar-refractivity contribution in [2.75, 3.05) is 0 Å². The van der Waals surface area contributed by atoms with Gasteiger partial charge in [0.05, 0.1) is 0 Å². The van der Waals surface area contributed by atoms with Gasteiger partial charge in [-0.25, -0.2) is 0 Å². The largest absolute Gasteiger partial charge is 0.135 e. The Morgan fingerprint density at radius 3 is 1.34 bits per heavy atom. The van der Waals surface area contributed by atoms with E-state index in [1.54, 1.807) is 0 Å². The summed E-state index contributed by atoms with van der Waals surface area (Å²) in [6.45, 7) is 0. The normalized spacial score (nSPS) is 12.0. The van der Waals surface area contributed by atoms with Crippen LogP contribution in [0.1, 0.15) is 0 Å². The Bertz CT molecular complexity index is 3070. The minimum atomic E-state index is 1.23. The molecule has 2 aromatic heterocycles. The zero-order valence-corrected chi connectivity index (χ0v) is 28.6. The minimum Gasteiger partial charge on any atom is -0.135 e. The first-order valence-electron chi connectivity index (χ1n) is 17.1. The molecule has 2 heterocycles. The molecule has 0 nitrogen and oxygen atoms in total. The fourth-order valence-corrected chi connectivity index (χ4v) is 10.6. The van der Waals surface area contributed by atoms with Gasteiger partial charge < -0.3 is 0 Å². The Hall–Kier alpha value is -5.80. The van der Waals surface area contributed by atoms with E-state index in [0.29, 0.717) is 0 Å². The lowest BCUT2D eigenvalue weighted by atomic mass is 9.85. The second kappa shape index (κ2) is 10.9. The molecule has 9 aromatic carbocycles. The molecule has 0 saturated carbocycles. The highest BCUT2D eigenvalue weighted by Crippen LogP contribution is 2.47. The van der Waals surface area contributed by atoms with Crippen LogP contribution in [0.4, 0.5) is 0 Å². The fraction of sp³-hybridized carbons (Fsp3) is 0. The second-order valence-corrected chi connectivity index (χ2v) is 15.3. The first-order chi connectivity index (χ1) is 24.8. The predicted molar refractivity (Wildman–Crippen MR) is 221 cm³/mol. The van der Waals surface area contributed by atoms with E-state index in [9.17, 15) is 0 Å². The maximum atomic E-state index is 2.46. The van der Waals surface area contributed by atoms with Gasteiger partial charge in [0.15, 0.2) is 0 Å². The van der Waals surface area contributed by atoms with Crippen LogP contribution in [0.15, 0.2) is 170 Å². The van der Waals surface area contributed by atoms with Crippen molar-refractivity contribution in [2.45, 2.75) is 0 Å². The van der Waals surface area contributed by atoms with Crippen molar-refractivity contribution in [3.05, 3.63) is 170 Å². The van der Waals surface area contributed by atoms with Crippen molar-refractivity contribution in [3.8, 4) is 33.4 Å². The summed E-state index contributed by atoms with van der Waals surface area (Å²) < 4.78 is 5.40. The molecule has 0 bridgehead atoms. The number of hydrogen-bond donors (Lipinski definition) is 0. The molecule has 0 atom stereocenters. The lowest BCUT2D eigenvalue weighted by Crippen LogP contribution is -1.91. The SMILES string of the molecule is c1ccc(-c2c3ccccc3c(-c3ccc(-c4cc5c6ccccc6sc5c5cc6sc7ccccc7c6cc45)cc3)c3ccccc23)cc1. The number of rotatable bonds is 3. The summed E-state index contributed by atoms with van der Waals surface area (Å²) in [5.74, 6) is 0. The van der Waals surface area contributed by atoms with E-state index in [0.717, 1.165) is 0 Å². The Morgan fingerprint density at radius 2 is 0.720 bits per heavy atom. The van der Waals surface area contributed by atoms with Gasteiger partial charge in [0.2, 0.25) is 0 Å². The Morgan fingerprint density at radius 1 is 0.260 bits per heavy atom. The summed E-state index contributed by atoms with van der Waals surface area (Å²) in [5, 5.41) is 13.1. The van der Waals surface area contributed by atoms with Gasteiger partial charge in [-0.05, 0) is 90.6 Å². The van der Waals surface area contributed by atoms with E-state index >= 15 is 0 Å². The molecule has 0 aliphatic rings. The maximum Gasteiger partial charge on any atom is 0.0434 e. The highest BCUT2D eigenvalue weighted by molar-refractivity contribution is 7.27. The smallest absolute Gasteiger partial charge is 0.0434 e. The third-order valence-corrected chi connectivity index (χ3v) is 12.8. The van der Waals surface area contributed by atoms with Crippen LogP contribution in [0.2, 0.25) is 0 Å². The van der Waals surface area contributed by atoms with Crippen LogP contribution in [-0.4, -0.2) is 0 Å². The number of thiophene rings is 2. The average Bonchev–Trinajstić information content (AvgIpc) is 3.74. The molecular weight excluding hydrogens is 641 g/mol. The molecule has 0 aliphatic carbocycles. The van der Waals surface area contributed by atoms with Crippen molar-refractivity contribution in [2.24, 2.45) is 0 Å². The number of hydrogen-bond acceptors (Lipinski definition) is 2. The van der Waals surface area contributed by atoms with Gasteiger partial charge in [0, 0.05) is 45.7 Å². The standard InChI is InChI=1S/C48H28S2/c1-2-12-30(13-3-1)46-34-16-4-6-18-36(34)47(37-19-7-5-17-35(37)46)31-24-22-29(23-25-31)38-26-41-33-15-9-11-21-44(33)50-48(41)42-28-45-40(27-39(38)42)32-14-8-10-20-43(32)49-45/h1-28H. The Labute approximate surface area is 297 Å². The molecular formula is C48H28S2. The molecule has 0 radical (unpaired) electrons. The summed E-state index contributed by atoms with van der Waals surface area (Å²) in [7, 11) is 0. The lowest BCUT2D eigenvalue weighted by molar-refractivity contribution is 1.64. The van der Waals surface area contributed by atoms with Gasteiger partial charge in [0.1, 0.15) is 0 Å². The van der Waals surface area contributed by atoms with Crippen molar-refractivity contribution >= 4 is 95.3 Å². The fourth-order valence-electron chi connectivity index (χ4n) is 8.22. The third-order valence-electron chi connectivity index (χ3n) is 10.5. The second-order valence-electron chi connectivity index (χ2n) is 13.2. The van der Waals surface area contributed by atoms with Crippen molar-refractivity contribution in [1.82, 2.24) is 0 Å². The summed E-state index contributed by atoms with van der Waals surface area (Å²) in [4.78, 5) is 0. The maximum absolute atomic E-state index is 2.46.